The third-order valence-corrected chi connectivity index (χ3v) is 4.48. The van der Waals surface area contributed by atoms with Crippen LogP contribution in [0.15, 0.2) is 12.4 Å². The summed E-state index contributed by atoms with van der Waals surface area (Å²) >= 11 is 0. The van der Waals surface area contributed by atoms with Crippen LogP contribution in [-0.4, -0.2) is 40.0 Å². The molecule has 114 valence electrons. The van der Waals surface area contributed by atoms with Crippen LogP contribution >= 0.6 is 0 Å². The van der Waals surface area contributed by atoms with E-state index in [-0.39, 0.29) is 23.8 Å². The van der Waals surface area contributed by atoms with E-state index in [1.807, 2.05) is 11.8 Å². The van der Waals surface area contributed by atoms with Crippen molar-refractivity contribution in [2.24, 2.45) is 11.8 Å². The second kappa shape index (κ2) is 5.87. The number of carbonyl (C=O) groups excluding carboxylic acids is 2. The van der Waals surface area contributed by atoms with E-state index in [4.69, 9.17) is 0 Å². The minimum absolute atomic E-state index is 0.0163. The Labute approximate surface area is 124 Å². The molecule has 0 radical (unpaired) electrons. The van der Waals surface area contributed by atoms with Gasteiger partial charge in [-0.25, -0.2) is 0 Å². The average Bonchev–Trinajstić information content (AvgIpc) is 3.20. The number of carbonyl (C=O) groups is 2. The van der Waals surface area contributed by atoms with Crippen LogP contribution in [0.1, 0.15) is 44.2 Å². The van der Waals surface area contributed by atoms with E-state index in [0.29, 0.717) is 19.0 Å². The molecule has 2 amide bonds. The molecule has 0 spiro atoms. The van der Waals surface area contributed by atoms with Gasteiger partial charge in [0.25, 0.3) is 0 Å². The highest BCUT2D eigenvalue weighted by Gasteiger charge is 2.36. The van der Waals surface area contributed by atoms with Crippen LogP contribution in [0.4, 0.5) is 0 Å². The highest BCUT2D eigenvalue weighted by molar-refractivity contribution is 5.82. The van der Waals surface area contributed by atoms with E-state index in [1.165, 1.54) is 0 Å². The predicted octanol–water partition coefficient (Wildman–Crippen LogP) is 1.24. The van der Waals surface area contributed by atoms with E-state index < -0.39 is 0 Å². The molecule has 6 heteroatoms. The van der Waals surface area contributed by atoms with Crippen molar-refractivity contribution in [1.29, 1.82) is 0 Å². The van der Waals surface area contributed by atoms with Crippen molar-refractivity contribution < 1.29 is 9.59 Å². The topological polar surface area (TPSA) is 78.1 Å². The quantitative estimate of drug-likeness (QED) is 0.875. The molecule has 0 bridgehead atoms. The maximum absolute atomic E-state index is 12.3. The van der Waals surface area contributed by atoms with Crippen LogP contribution in [0, 0.1) is 11.8 Å². The molecule has 21 heavy (non-hydrogen) atoms. The molecule has 2 N–H and O–H groups in total. The molecule has 0 aromatic carbocycles. The number of nitrogens with zero attached hydrogens (tertiary/aromatic N) is 2. The number of hydrogen-bond acceptors (Lipinski definition) is 3. The Balaban J connectivity index is 1.47. The Morgan fingerprint density at radius 3 is 2.57 bits per heavy atom. The van der Waals surface area contributed by atoms with Crippen molar-refractivity contribution in [3.8, 4) is 0 Å². The summed E-state index contributed by atoms with van der Waals surface area (Å²) < 4.78 is 0. The number of nitrogens with one attached hydrogen (secondary N) is 2. The number of piperidine rings is 1. The zero-order valence-electron chi connectivity index (χ0n) is 12.3. The molecule has 2 heterocycles. The van der Waals surface area contributed by atoms with Crippen LogP contribution in [0.5, 0.6) is 0 Å². The van der Waals surface area contributed by atoms with Crippen LogP contribution < -0.4 is 5.32 Å². The minimum Gasteiger partial charge on any atom is -0.349 e. The number of hydrogen-bond donors (Lipinski definition) is 2. The summed E-state index contributed by atoms with van der Waals surface area (Å²) in [4.78, 5) is 26.2. The molecule has 3 rings (SSSR count). The van der Waals surface area contributed by atoms with Crippen molar-refractivity contribution in [1.82, 2.24) is 20.4 Å². The minimum atomic E-state index is -0.0395. The number of likely N-dealkylation sites (tertiary alicyclic amines) is 1. The van der Waals surface area contributed by atoms with Crippen LogP contribution in [0.25, 0.3) is 0 Å². The van der Waals surface area contributed by atoms with Gasteiger partial charge in [0.05, 0.1) is 12.2 Å². The fourth-order valence-corrected chi connectivity index (χ4v) is 2.86. The van der Waals surface area contributed by atoms with Crippen LogP contribution in [0.3, 0.4) is 0 Å². The van der Waals surface area contributed by atoms with E-state index in [9.17, 15) is 9.59 Å². The number of rotatable bonds is 4. The first-order valence-electron chi connectivity index (χ1n) is 7.73. The molecular formula is C15H22N4O2. The monoisotopic (exact) mass is 290 g/mol. The number of amides is 2. The fourth-order valence-electron chi connectivity index (χ4n) is 2.86. The summed E-state index contributed by atoms with van der Waals surface area (Å²) in [6.45, 7) is 3.38. The van der Waals surface area contributed by atoms with E-state index >= 15 is 0 Å². The maximum atomic E-state index is 12.3. The van der Waals surface area contributed by atoms with Gasteiger partial charge in [-0.1, -0.05) is 0 Å². The van der Waals surface area contributed by atoms with Gasteiger partial charge in [0.2, 0.25) is 11.8 Å². The fraction of sp³-hybridized carbons (Fsp3) is 0.667. The van der Waals surface area contributed by atoms with Gasteiger partial charge >= 0.3 is 0 Å². The van der Waals surface area contributed by atoms with Gasteiger partial charge in [-0.3, -0.25) is 14.7 Å². The Morgan fingerprint density at radius 1 is 1.29 bits per heavy atom. The Bertz CT molecular complexity index is 502. The Hall–Kier alpha value is -1.85. The normalized spacial score (nSPS) is 21.1. The summed E-state index contributed by atoms with van der Waals surface area (Å²) in [5.74, 6) is 0.668. The molecule has 1 unspecified atom stereocenters. The summed E-state index contributed by atoms with van der Waals surface area (Å²) in [6, 6.07) is -0.0395. The van der Waals surface area contributed by atoms with E-state index in [1.54, 1.807) is 12.4 Å². The lowest BCUT2D eigenvalue weighted by Gasteiger charge is -2.32. The van der Waals surface area contributed by atoms with E-state index in [0.717, 1.165) is 31.2 Å². The lowest BCUT2D eigenvalue weighted by Crippen LogP contribution is -2.43. The first-order chi connectivity index (χ1) is 10.1. The standard InChI is InChI=1S/C15H22N4O2/c1-10(13-8-16-17-9-13)18-14(20)11-4-6-19(7-5-11)15(21)12-2-3-12/h8-12H,2-7H2,1H3,(H,16,17)(H,18,20). The van der Waals surface area contributed by atoms with Crippen molar-refractivity contribution in [3.05, 3.63) is 18.0 Å². The summed E-state index contributed by atoms with van der Waals surface area (Å²) in [5.41, 5.74) is 0.977. The first kappa shape index (κ1) is 14.1. The van der Waals surface area contributed by atoms with Gasteiger partial charge in [-0.05, 0) is 32.6 Å². The largest absolute Gasteiger partial charge is 0.349 e. The SMILES string of the molecule is CC(NC(=O)C1CCN(C(=O)C2CC2)CC1)c1cn[nH]c1. The molecule has 1 saturated carbocycles. The number of aromatic nitrogens is 2. The predicted molar refractivity (Wildman–Crippen MR) is 77.2 cm³/mol. The molecule has 1 aliphatic heterocycles. The van der Waals surface area contributed by atoms with Gasteiger partial charge in [0.15, 0.2) is 0 Å². The smallest absolute Gasteiger partial charge is 0.225 e. The van der Waals surface area contributed by atoms with E-state index in [2.05, 4.69) is 15.5 Å². The summed E-state index contributed by atoms with van der Waals surface area (Å²) in [5, 5.41) is 9.68. The molecule has 2 aliphatic rings. The number of aromatic amines is 1. The van der Waals surface area contributed by atoms with Gasteiger partial charge in [-0.15, -0.1) is 0 Å². The molecule has 2 fully saturated rings. The van der Waals surface area contributed by atoms with Gasteiger partial charge in [0.1, 0.15) is 0 Å². The maximum Gasteiger partial charge on any atom is 0.225 e. The zero-order valence-corrected chi connectivity index (χ0v) is 12.3. The van der Waals surface area contributed by atoms with Crippen LogP contribution in [0.2, 0.25) is 0 Å². The van der Waals surface area contributed by atoms with Gasteiger partial charge in [-0.2, -0.15) is 5.10 Å². The highest BCUT2D eigenvalue weighted by atomic mass is 16.2. The molecule has 1 aromatic heterocycles. The molecule has 1 saturated heterocycles. The third-order valence-electron chi connectivity index (χ3n) is 4.48. The van der Waals surface area contributed by atoms with Crippen LogP contribution in [-0.2, 0) is 9.59 Å². The van der Waals surface area contributed by atoms with Gasteiger partial charge in [0, 0.05) is 36.7 Å². The van der Waals surface area contributed by atoms with Crippen molar-refractivity contribution in [2.45, 2.75) is 38.6 Å². The van der Waals surface area contributed by atoms with Crippen molar-refractivity contribution in [3.63, 3.8) is 0 Å². The lowest BCUT2D eigenvalue weighted by atomic mass is 9.95. The second-order valence-electron chi connectivity index (χ2n) is 6.14. The van der Waals surface area contributed by atoms with Gasteiger partial charge < -0.3 is 10.2 Å². The molecule has 1 atom stereocenters. The summed E-state index contributed by atoms with van der Waals surface area (Å²) in [6.07, 6.45) is 7.14. The average molecular weight is 290 g/mol. The summed E-state index contributed by atoms with van der Waals surface area (Å²) in [7, 11) is 0. The second-order valence-corrected chi connectivity index (χ2v) is 6.14. The van der Waals surface area contributed by atoms with Crippen molar-refractivity contribution >= 4 is 11.8 Å². The Morgan fingerprint density at radius 2 is 2.00 bits per heavy atom. The molecular weight excluding hydrogens is 268 g/mol. The zero-order chi connectivity index (χ0) is 14.8. The van der Waals surface area contributed by atoms with Crippen molar-refractivity contribution in [2.75, 3.05) is 13.1 Å². The highest BCUT2D eigenvalue weighted by Crippen LogP contribution is 2.32. The third kappa shape index (κ3) is 3.25. The Kier molecular flexibility index (Phi) is 3.94. The lowest BCUT2D eigenvalue weighted by molar-refractivity contribution is -0.136. The first-order valence-corrected chi connectivity index (χ1v) is 7.73. The molecule has 1 aromatic rings. The molecule has 1 aliphatic carbocycles. The number of H-pyrrole nitrogens is 1. The molecule has 6 nitrogen and oxygen atoms in total.